The minimum atomic E-state index is -0.996. The van der Waals surface area contributed by atoms with Gasteiger partial charge in [-0.1, -0.05) is 37.6 Å². The number of ether oxygens (including phenoxy) is 1. The Hall–Kier alpha value is -2.56. The predicted molar refractivity (Wildman–Crippen MR) is 110 cm³/mol. The van der Waals surface area contributed by atoms with Crippen molar-refractivity contribution in [2.24, 2.45) is 11.8 Å². The second kappa shape index (κ2) is 8.29. The molecule has 0 N–H and O–H groups in total. The Morgan fingerprint density at radius 2 is 1.33 bits per heavy atom. The van der Waals surface area contributed by atoms with Crippen molar-refractivity contribution in [3.05, 3.63) is 76.4 Å². The lowest BCUT2D eigenvalue weighted by Gasteiger charge is -2.20. The van der Waals surface area contributed by atoms with Crippen LogP contribution in [0.2, 0.25) is 0 Å². The molecular formula is C25H24F4O. The Kier molecular flexibility index (Phi) is 5.72. The van der Waals surface area contributed by atoms with Crippen LogP contribution in [0.1, 0.15) is 49.8 Å². The van der Waals surface area contributed by atoms with Gasteiger partial charge in [0.1, 0.15) is 0 Å². The molecule has 5 heteroatoms. The monoisotopic (exact) mass is 416 g/mol. The summed E-state index contributed by atoms with van der Waals surface area (Å²) in [6, 6.07) is 6.27. The van der Waals surface area contributed by atoms with Crippen molar-refractivity contribution in [1.29, 1.82) is 0 Å². The Labute approximate surface area is 174 Å². The SMILES string of the molecule is CCCc1ccc(C2=CCC3C(c4ccc(OCC)c(F)c4F)=CCC23)c(F)c1F. The maximum Gasteiger partial charge on any atom is 0.201 e. The van der Waals surface area contributed by atoms with Crippen LogP contribution in [0.3, 0.4) is 0 Å². The molecule has 30 heavy (non-hydrogen) atoms. The second-order valence-corrected chi connectivity index (χ2v) is 7.83. The molecule has 2 aliphatic carbocycles. The van der Waals surface area contributed by atoms with Gasteiger partial charge in [-0.15, -0.1) is 0 Å². The van der Waals surface area contributed by atoms with Gasteiger partial charge < -0.3 is 4.74 Å². The van der Waals surface area contributed by atoms with Crippen LogP contribution in [0.15, 0.2) is 36.4 Å². The van der Waals surface area contributed by atoms with Gasteiger partial charge in [0, 0.05) is 11.1 Å². The number of hydrogen-bond acceptors (Lipinski definition) is 1. The lowest BCUT2D eigenvalue weighted by atomic mass is 9.85. The largest absolute Gasteiger partial charge is 0.491 e. The highest BCUT2D eigenvalue weighted by atomic mass is 19.2. The first-order valence-electron chi connectivity index (χ1n) is 10.5. The third-order valence-electron chi connectivity index (χ3n) is 6.12. The molecule has 2 unspecified atom stereocenters. The second-order valence-electron chi connectivity index (χ2n) is 7.83. The van der Waals surface area contributed by atoms with E-state index in [1.165, 1.54) is 12.1 Å². The van der Waals surface area contributed by atoms with Gasteiger partial charge in [0.15, 0.2) is 23.2 Å². The van der Waals surface area contributed by atoms with E-state index in [4.69, 9.17) is 4.74 Å². The number of rotatable bonds is 6. The molecule has 0 aromatic heterocycles. The van der Waals surface area contributed by atoms with Crippen LogP contribution in [-0.4, -0.2) is 6.61 Å². The van der Waals surface area contributed by atoms with Gasteiger partial charge in [-0.2, -0.15) is 4.39 Å². The normalized spacial score (nSPS) is 20.2. The molecule has 0 fully saturated rings. The molecule has 0 heterocycles. The van der Waals surface area contributed by atoms with Crippen molar-refractivity contribution in [2.75, 3.05) is 6.61 Å². The van der Waals surface area contributed by atoms with Crippen LogP contribution in [0.5, 0.6) is 5.75 Å². The Morgan fingerprint density at radius 3 is 1.90 bits per heavy atom. The highest BCUT2D eigenvalue weighted by Crippen LogP contribution is 2.52. The van der Waals surface area contributed by atoms with E-state index in [0.29, 0.717) is 30.4 Å². The quantitative estimate of drug-likeness (QED) is 0.456. The van der Waals surface area contributed by atoms with Crippen LogP contribution in [0, 0.1) is 35.1 Å². The zero-order valence-corrected chi connectivity index (χ0v) is 17.1. The third kappa shape index (κ3) is 3.34. The number of allylic oxidation sites excluding steroid dienone is 4. The van der Waals surface area contributed by atoms with Crippen molar-refractivity contribution >= 4 is 11.1 Å². The molecule has 1 nitrogen and oxygen atoms in total. The molecule has 2 aromatic carbocycles. The van der Waals surface area contributed by atoms with Gasteiger partial charge in [-0.25, -0.2) is 13.2 Å². The molecule has 4 rings (SSSR count). The predicted octanol–water partition coefficient (Wildman–Crippen LogP) is 7.10. The Balaban J connectivity index is 1.61. The molecule has 0 bridgehead atoms. The van der Waals surface area contributed by atoms with E-state index in [9.17, 15) is 17.6 Å². The van der Waals surface area contributed by atoms with Gasteiger partial charge in [-0.3, -0.25) is 0 Å². The van der Waals surface area contributed by atoms with E-state index in [-0.39, 0.29) is 35.3 Å². The van der Waals surface area contributed by atoms with Crippen molar-refractivity contribution < 1.29 is 22.3 Å². The van der Waals surface area contributed by atoms with Crippen LogP contribution in [0.4, 0.5) is 17.6 Å². The molecule has 158 valence electrons. The fraction of sp³-hybridized carbons (Fsp3) is 0.360. The summed E-state index contributed by atoms with van der Waals surface area (Å²) in [5, 5.41) is 0. The van der Waals surface area contributed by atoms with Gasteiger partial charge in [0.05, 0.1) is 6.61 Å². The summed E-state index contributed by atoms with van der Waals surface area (Å²) in [6.45, 7) is 3.87. The lowest BCUT2D eigenvalue weighted by molar-refractivity contribution is 0.314. The molecule has 0 saturated carbocycles. The Morgan fingerprint density at radius 1 is 0.767 bits per heavy atom. The van der Waals surface area contributed by atoms with E-state index in [1.807, 2.05) is 19.1 Å². The van der Waals surface area contributed by atoms with E-state index in [1.54, 1.807) is 19.1 Å². The average Bonchev–Trinajstić information content (AvgIpc) is 3.33. The van der Waals surface area contributed by atoms with Gasteiger partial charge >= 0.3 is 0 Å². The molecule has 2 atom stereocenters. The Bertz CT molecular complexity index is 954. The molecule has 0 amide bonds. The summed E-state index contributed by atoms with van der Waals surface area (Å²) in [5.74, 6) is -3.79. The number of aryl methyl sites for hydroxylation is 1. The van der Waals surface area contributed by atoms with Crippen molar-refractivity contribution in [3.63, 3.8) is 0 Å². The molecular weight excluding hydrogens is 392 g/mol. The number of benzene rings is 2. The molecule has 0 spiro atoms. The average molecular weight is 416 g/mol. The van der Waals surface area contributed by atoms with Crippen LogP contribution in [-0.2, 0) is 6.42 Å². The molecule has 0 aliphatic heterocycles. The fourth-order valence-corrected chi connectivity index (χ4v) is 4.74. The first-order valence-corrected chi connectivity index (χ1v) is 10.5. The zero-order chi connectivity index (χ0) is 21.4. The van der Waals surface area contributed by atoms with E-state index >= 15 is 0 Å². The summed E-state index contributed by atoms with van der Waals surface area (Å²) in [7, 11) is 0. The van der Waals surface area contributed by atoms with Crippen molar-refractivity contribution in [1.82, 2.24) is 0 Å². The van der Waals surface area contributed by atoms with Gasteiger partial charge in [0.2, 0.25) is 5.82 Å². The van der Waals surface area contributed by atoms with Crippen LogP contribution < -0.4 is 4.74 Å². The molecule has 0 radical (unpaired) electrons. The van der Waals surface area contributed by atoms with E-state index < -0.39 is 23.3 Å². The summed E-state index contributed by atoms with van der Waals surface area (Å²) < 4.78 is 63.5. The van der Waals surface area contributed by atoms with Crippen molar-refractivity contribution in [3.8, 4) is 5.75 Å². The first kappa shape index (κ1) is 20.7. The van der Waals surface area contributed by atoms with Crippen LogP contribution in [0.25, 0.3) is 11.1 Å². The topological polar surface area (TPSA) is 9.23 Å². The first-order chi connectivity index (χ1) is 14.5. The third-order valence-corrected chi connectivity index (χ3v) is 6.12. The van der Waals surface area contributed by atoms with Gasteiger partial charge in [-0.05, 0) is 66.9 Å². The summed E-state index contributed by atoms with van der Waals surface area (Å²) in [5.41, 5.74) is 2.33. The number of hydrogen-bond donors (Lipinski definition) is 0. The minimum Gasteiger partial charge on any atom is -0.491 e. The smallest absolute Gasteiger partial charge is 0.201 e. The van der Waals surface area contributed by atoms with E-state index in [2.05, 4.69) is 0 Å². The maximum absolute atomic E-state index is 14.8. The highest BCUT2D eigenvalue weighted by Gasteiger charge is 2.39. The van der Waals surface area contributed by atoms with Crippen LogP contribution >= 0.6 is 0 Å². The van der Waals surface area contributed by atoms with E-state index in [0.717, 1.165) is 12.0 Å². The number of halogens is 4. The summed E-state index contributed by atoms with van der Waals surface area (Å²) >= 11 is 0. The highest BCUT2D eigenvalue weighted by molar-refractivity contribution is 5.80. The molecule has 0 saturated heterocycles. The summed E-state index contributed by atoms with van der Waals surface area (Å²) in [4.78, 5) is 0. The maximum atomic E-state index is 14.8. The van der Waals surface area contributed by atoms with Crippen molar-refractivity contribution in [2.45, 2.75) is 39.5 Å². The molecule has 2 aromatic rings. The standard InChI is InChI=1S/C25H24F4O/c1-3-5-14-6-7-19(23(27)22(14)26)17-10-8-16-15(17)9-11-18(16)20-12-13-21(30-4-2)25(29)24(20)28/h6-7,10-13,15-16H,3-5,8-9H2,1-2H3. The lowest BCUT2D eigenvalue weighted by Crippen LogP contribution is -2.10. The fourth-order valence-electron chi connectivity index (χ4n) is 4.74. The minimum absolute atomic E-state index is 0.0695. The van der Waals surface area contributed by atoms with Gasteiger partial charge in [0.25, 0.3) is 0 Å². The summed E-state index contributed by atoms with van der Waals surface area (Å²) in [6.07, 6.45) is 6.18. The molecule has 2 aliphatic rings. The number of fused-ring (bicyclic) bond motifs is 1. The zero-order valence-electron chi connectivity index (χ0n) is 17.1.